The molecule has 0 aromatic carbocycles. The molecule has 0 spiro atoms. The highest BCUT2D eigenvalue weighted by molar-refractivity contribution is 5.68. The SMILES string of the molecule is CC(=O)O[C@@H]1[C@H](OC(C)=O)[C@H](C)O[C@H](C(N)CCC(=O)O)[C@H]1OC(C)=O. The van der Waals surface area contributed by atoms with Crippen molar-refractivity contribution in [3.63, 3.8) is 0 Å². The summed E-state index contributed by atoms with van der Waals surface area (Å²) in [6.07, 6.45) is -5.13. The molecule has 10 nitrogen and oxygen atoms in total. The third-order valence-corrected chi connectivity index (χ3v) is 3.83. The Morgan fingerprint density at radius 2 is 1.42 bits per heavy atom. The van der Waals surface area contributed by atoms with Crippen molar-refractivity contribution in [3.05, 3.63) is 0 Å². The van der Waals surface area contributed by atoms with Crippen molar-refractivity contribution in [2.45, 2.75) is 77.1 Å². The van der Waals surface area contributed by atoms with Gasteiger partial charge in [0.25, 0.3) is 0 Å². The molecule has 1 aliphatic rings. The van der Waals surface area contributed by atoms with E-state index in [9.17, 15) is 19.2 Å². The summed E-state index contributed by atoms with van der Waals surface area (Å²) in [5, 5.41) is 8.83. The smallest absolute Gasteiger partial charge is 0.303 e. The van der Waals surface area contributed by atoms with Gasteiger partial charge in [0.15, 0.2) is 18.3 Å². The highest BCUT2D eigenvalue weighted by atomic mass is 16.6. The molecule has 1 fully saturated rings. The van der Waals surface area contributed by atoms with Crippen LogP contribution in [0.15, 0.2) is 0 Å². The molecular weight excluding hydrogens is 350 g/mol. The number of esters is 3. The summed E-state index contributed by atoms with van der Waals surface area (Å²) < 4.78 is 21.4. The Bertz CT molecular complexity index is 550. The van der Waals surface area contributed by atoms with Gasteiger partial charge in [-0.3, -0.25) is 19.2 Å². The summed E-state index contributed by atoms with van der Waals surface area (Å²) in [5.74, 6) is -3.01. The van der Waals surface area contributed by atoms with E-state index < -0.39 is 60.4 Å². The number of carboxylic acid groups (broad SMARTS) is 1. The number of carboxylic acids is 1. The Hall–Kier alpha value is -2.20. The standard InChI is InChI=1S/C16H25NO9/c1-7-13(24-8(2)18)15(25-9(3)19)16(26-10(4)20)14(23-7)11(17)5-6-12(21)22/h7,11,13-16H,5-6,17H2,1-4H3,(H,21,22)/t7-,11?,13+,14+,15+,16+/m0/s1. The fourth-order valence-electron chi connectivity index (χ4n) is 2.85. The van der Waals surface area contributed by atoms with Crippen LogP contribution in [0.25, 0.3) is 0 Å². The fraction of sp³-hybridized carbons (Fsp3) is 0.750. The lowest BCUT2D eigenvalue weighted by Gasteiger charge is -2.45. The van der Waals surface area contributed by atoms with E-state index in [1.807, 2.05) is 0 Å². The molecule has 0 amide bonds. The van der Waals surface area contributed by atoms with Gasteiger partial charge in [-0.25, -0.2) is 0 Å². The lowest BCUT2D eigenvalue weighted by molar-refractivity contribution is -0.246. The van der Waals surface area contributed by atoms with E-state index in [0.717, 1.165) is 13.8 Å². The van der Waals surface area contributed by atoms with Crippen LogP contribution in [-0.4, -0.2) is 65.5 Å². The van der Waals surface area contributed by atoms with Crippen LogP contribution in [0.5, 0.6) is 0 Å². The van der Waals surface area contributed by atoms with E-state index in [1.54, 1.807) is 6.92 Å². The first-order valence-corrected chi connectivity index (χ1v) is 8.17. The van der Waals surface area contributed by atoms with Crippen LogP contribution in [0.1, 0.15) is 40.5 Å². The molecule has 0 aliphatic carbocycles. The van der Waals surface area contributed by atoms with Gasteiger partial charge in [0, 0.05) is 33.2 Å². The second-order valence-corrected chi connectivity index (χ2v) is 6.12. The molecule has 0 aromatic heterocycles. The Labute approximate surface area is 150 Å². The van der Waals surface area contributed by atoms with Crippen LogP contribution in [0, 0.1) is 0 Å². The summed E-state index contributed by atoms with van der Waals surface area (Å²) in [7, 11) is 0. The van der Waals surface area contributed by atoms with E-state index in [0.29, 0.717) is 0 Å². The second kappa shape index (κ2) is 9.48. The van der Waals surface area contributed by atoms with Crippen molar-refractivity contribution >= 4 is 23.9 Å². The van der Waals surface area contributed by atoms with Crippen molar-refractivity contribution in [1.82, 2.24) is 0 Å². The minimum atomic E-state index is -1.15. The van der Waals surface area contributed by atoms with E-state index in [-0.39, 0.29) is 12.8 Å². The first-order valence-electron chi connectivity index (χ1n) is 8.17. The predicted octanol–water partition coefficient (Wildman–Crippen LogP) is -0.239. The molecule has 1 unspecified atom stereocenters. The molecule has 26 heavy (non-hydrogen) atoms. The Balaban J connectivity index is 3.16. The van der Waals surface area contributed by atoms with Gasteiger partial charge in [-0.15, -0.1) is 0 Å². The molecule has 10 heteroatoms. The van der Waals surface area contributed by atoms with Crippen LogP contribution in [0.2, 0.25) is 0 Å². The summed E-state index contributed by atoms with van der Waals surface area (Å²) in [5.41, 5.74) is 6.04. The van der Waals surface area contributed by atoms with Crippen LogP contribution in [0.4, 0.5) is 0 Å². The highest BCUT2D eigenvalue weighted by Gasteiger charge is 2.51. The summed E-state index contributed by atoms with van der Waals surface area (Å²) in [6.45, 7) is 5.09. The van der Waals surface area contributed by atoms with E-state index in [2.05, 4.69) is 0 Å². The summed E-state index contributed by atoms with van der Waals surface area (Å²) in [6, 6.07) is -0.811. The molecule has 6 atom stereocenters. The van der Waals surface area contributed by atoms with E-state index >= 15 is 0 Å². The molecule has 0 bridgehead atoms. The van der Waals surface area contributed by atoms with Crippen LogP contribution in [0.3, 0.4) is 0 Å². The minimum absolute atomic E-state index is 0.0511. The first-order chi connectivity index (χ1) is 12.0. The Morgan fingerprint density at radius 1 is 0.962 bits per heavy atom. The third-order valence-electron chi connectivity index (χ3n) is 3.83. The number of rotatable bonds is 7. The normalized spacial score (nSPS) is 29.3. The highest BCUT2D eigenvalue weighted by Crippen LogP contribution is 2.30. The molecule has 0 radical (unpaired) electrons. The zero-order chi connectivity index (χ0) is 20.0. The number of aliphatic carboxylic acids is 1. The molecule has 1 saturated heterocycles. The molecule has 148 valence electrons. The second-order valence-electron chi connectivity index (χ2n) is 6.12. The molecule has 3 N–H and O–H groups in total. The topological polar surface area (TPSA) is 151 Å². The summed E-state index contributed by atoms with van der Waals surface area (Å²) >= 11 is 0. The average Bonchev–Trinajstić information content (AvgIpc) is 2.49. The van der Waals surface area contributed by atoms with Gasteiger partial charge in [0.1, 0.15) is 6.10 Å². The summed E-state index contributed by atoms with van der Waals surface area (Å²) in [4.78, 5) is 45.2. The maximum absolute atomic E-state index is 11.5. The van der Waals surface area contributed by atoms with Crippen molar-refractivity contribution in [2.24, 2.45) is 5.73 Å². The van der Waals surface area contributed by atoms with Crippen molar-refractivity contribution in [2.75, 3.05) is 0 Å². The first kappa shape index (κ1) is 21.8. The van der Waals surface area contributed by atoms with Crippen molar-refractivity contribution < 1.29 is 43.2 Å². The third kappa shape index (κ3) is 6.26. The maximum atomic E-state index is 11.5. The van der Waals surface area contributed by atoms with Crippen molar-refractivity contribution in [1.29, 1.82) is 0 Å². The average molecular weight is 375 g/mol. The maximum Gasteiger partial charge on any atom is 0.303 e. The molecule has 0 saturated carbocycles. The van der Waals surface area contributed by atoms with Gasteiger partial charge in [-0.05, 0) is 13.3 Å². The van der Waals surface area contributed by atoms with Gasteiger partial charge in [-0.2, -0.15) is 0 Å². The minimum Gasteiger partial charge on any atom is -0.481 e. The fourth-order valence-corrected chi connectivity index (χ4v) is 2.85. The largest absolute Gasteiger partial charge is 0.481 e. The zero-order valence-corrected chi connectivity index (χ0v) is 15.2. The molecule has 1 heterocycles. The number of carbonyl (C=O) groups excluding carboxylic acids is 3. The Morgan fingerprint density at radius 3 is 1.88 bits per heavy atom. The van der Waals surface area contributed by atoms with Gasteiger partial charge in [-0.1, -0.05) is 0 Å². The Kier molecular flexibility index (Phi) is 7.97. The van der Waals surface area contributed by atoms with Gasteiger partial charge in [0.2, 0.25) is 0 Å². The van der Waals surface area contributed by atoms with Crippen LogP contribution in [-0.2, 0) is 38.1 Å². The molecule has 0 aromatic rings. The molecular formula is C16H25NO9. The monoisotopic (exact) mass is 375 g/mol. The number of hydrogen-bond acceptors (Lipinski definition) is 9. The zero-order valence-electron chi connectivity index (χ0n) is 15.2. The van der Waals surface area contributed by atoms with Crippen molar-refractivity contribution in [3.8, 4) is 0 Å². The number of hydrogen-bond donors (Lipinski definition) is 2. The number of ether oxygens (including phenoxy) is 4. The lowest BCUT2D eigenvalue weighted by Crippen LogP contribution is -2.64. The van der Waals surface area contributed by atoms with Gasteiger partial charge in [0.05, 0.1) is 6.10 Å². The van der Waals surface area contributed by atoms with E-state index in [4.69, 9.17) is 29.8 Å². The van der Waals surface area contributed by atoms with Gasteiger partial charge < -0.3 is 29.8 Å². The number of nitrogens with two attached hydrogens (primary N) is 1. The molecule has 1 aliphatic heterocycles. The van der Waals surface area contributed by atoms with Crippen LogP contribution < -0.4 is 5.73 Å². The van der Waals surface area contributed by atoms with E-state index in [1.165, 1.54) is 6.92 Å². The quantitative estimate of drug-likeness (QED) is 0.450. The molecule has 1 rings (SSSR count). The lowest BCUT2D eigenvalue weighted by atomic mass is 9.89. The van der Waals surface area contributed by atoms with Crippen LogP contribution >= 0.6 is 0 Å². The number of carbonyl (C=O) groups is 4. The van der Waals surface area contributed by atoms with Gasteiger partial charge >= 0.3 is 23.9 Å². The predicted molar refractivity (Wildman–Crippen MR) is 85.8 cm³/mol.